The maximum Gasteiger partial charge on any atom is 0.404 e. The van der Waals surface area contributed by atoms with Crippen LogP contribution in [0.3, 0.4) is 0 Å². The van der Waals surface area contributed by atoms with Gasteiger partial charge in [0.25, 0.3) is 0 Å². The predicted molar refractivity (Wildman–Crippen MR) is 69.2 cm³/mol. The van der Waals surface area contributed by atoms with E-state index in [2.05, 4.69) is 26.6 Å². The minimum atomic E-state index is -1.04. The summed E-state index contributed by atoms with van der Waals surface area (Å²) in [6.45, 7) is 0.741. The lowest BCUT2D eigenvalue weighted by molar-refractivity contribution is 0.188. The van der Waals surface area contributed by atoms with Crippen LogP contribution in [0.4, 0.5) is 9.18 Å². The van der Waals surface area contributed by atoms with Crippen molar-refractivity contribution in [3.8, 4) is 0 Å². The van der Waals surface area contributed by atoms with Gasteiger partial charge in [-0.15, -0.1) is 0 Å². The van der Waals surface area contributed by atoms with Crippen molar-refractivity contribution in [1.29, 1.82) is 0 Å². The van der Waals surface area contributed by atoms with Crippen LogP contribution < -0.4 is 10.6 Å². The van der Waals surface area contributed by atoms with Crippen molar-refractivity contribution in [2.75, 3.05) is 6.54 Å². The first-order valence-corrected chi connectivity index (χ1v) is 6.53. The molecule has 1 aromatic carbocycles. The van der Waals surface area contributed by atoms with Gasteiger partial charge in [-0.2, -0.15) is 0 Å². The average molecular weight is 317 g/mol. The van der Waals surface area contributed by atoms with Crippen LogP contribution >= 0.6 is 15.9 Å². The molecule has 3 N–H and O–H groups in total. The summed E-state index contributed by atoms with van der Waals surface area (Å²) >= 11 is 3.15. The lowest BCUT2D eigenvalue weighted by Crippen LogP contribution is -2.44. The molecule has 2 atom stereocenters. The Kier molecular flexibility index (Phi) is 4.19. The Hall–Kier alpha value is -1.14. The Morgan fingerprint density at radius 1 is 1.61 bits per heavy atom. The third-order valence-corrected chi connectivity index (χ3v) is 3.74. The second-order valence-electron chi connectivity index (χ2n) is 4.32. The first-order valence-electron chi connectivity index (χ1n) is 5.73. The average Bonchev–Trinajstić information content (AvgIpc) is 2.72. The van der Waals surface area contributed by atoms with Crippen molar-refractivity contribution in [2.24, 2.45) is 0 Å². The summed E-state index contributed by atoms with van der Waals surface area (Å²) < 4.78 is 14.3. The Bertz CT molecular complexity index is 456. The van der Waals surface area contributed by atoms with Crippen molar-refractivity contribution in [3.05, 3.63) is 34.1 Å². The highest BCUT2D eigenvalue weighted by atomic mass is 79.9. The van der Waals surface area contributed by atoms with Crippen LogP contribution in [-0.2, 0) is 6.42 Å². The topological polar surface area (TPSA) is 61.4 Å². The molecule has 1 fully saturated rings. The minimum Gasteiger partial charge on any atom is -0.465 e. The summed E-state index contributed by atoms with van der Waals surface area (Å²) in [5.74, 6) is -0.278. The summed E-state index contributed by atoms with van der Waals surface area (Å²) in [6, 6.07) is 4.91. The number of hydrogen-bond acceptors (Lipinski definition) is 2. The molecular formula is C12H14BrFN2O2. The van der Waals surface area contributed by atoms with E-state index < -0.39 is 6.09 Å². The number of rotatable bonds is 3. The van der Waals surface area contributed by atoms with Gasteiger partial charge in [-0.1, -0.05) is 12.1 Å². The Labute approximate surface area is 113 Å². The standard InChI is InChI=1S/C12H14BrFN2O2/c13-8-3-1-2-7(11(8)14)6-10-9(4-5-15-10)16-12(17)18/h1-3,9-10,15-16H,4-6H2,(H,17,18)/t9-,10-/m0/s1. The molecule has 0 unspecified atom stereocenters. The summed E-state index contributed by atoms with van der Waals surface area (Å²) in [5, 5.41) is 14.4. The van der Waals surface area contributed by atoms with Gasteiger partial charge < -0.3 is 15.7 Å². The molecule has 0 aliphatic carbocycles. The molecule has 1 aliphatic rings. The second kappa shape index (κ2) is 5.67. The van der Waals surface area contributed by atoms with E-state index in [1.165, 1.54) is 0 Å². The summed E-state index contributed by atoms with van der Waals surface area (Å²) in [4.78, 5) is 10.7. The first-order chi connectivity index (χ1) is 8.58. The van der Waals surface area contributed by atoms with Gasteiger partial charge in [0.05, 0.1) is 4.47 Å². The maximum absolute atomic E-state index is 13.8. The van der Waals surface area contributed by atoms with Crippen LogP contribution in [0.5, 0.6) is 0 Å². The molecule has 1 amide bonds. The van der Waals surface area contributed by atoms with Crippen LogP contribution in [0.15, 0.2) is 22.7 Å². The van der Waals surface area contributed by atoms with E-state index in [0.717, 1.165) is 13.0 Å². The van der Waals surface area contributed by atoms with Crippen molar-refractivity contribution in [1.82, 2.24) is 10.6 Å². The minimum absolute atomic E-state index is 0.0649. The lowest BCUT2D eigenvalue weighted by Gasteiger charge is -2.19. The van der Waals surface area contributed by atoms with Crippen molar-refractivity contribution >= 4 is 22.0 Å². The fourth-order valence-corrected chi connectivity index (χ4v) is 2.66. The van der Waals surface area contributed by atoms with E-state index >= 15 is 0 Å². The zero-order valence-corrected chi connectivity index (χ0v) is 11.2. The van der Waals surface area contributed by atoms with E-state index in [9.17, 15) is 9.18 Å². The highest BCUT2D eigenvalue weighted by Gasteiger charge is 2.28. The molecule has 1 saturated heterocycles. The zero-order valence-electron chi connectivity index (χ0n) is 9.62. The molecule has 1 aliphatic heterocycles. The number of benzene rings is 1. The van der Waals surface area contributed by atoms with E-state index in [1.807, 2.05) is 0 Å². The monoisotopic (exact) mass is 316 g/mol. The maximum atomic E-state index is 13.8. The molecule has 1 heterocycles. The Morgan fingerprint density at radius 2 is 2.39 bits per heavy atom. The predicted octanol–water partition coefficient (Wildman–Crippen LogP) is 2.13. The van der Waals surface area contributed by atoms with Gasteiger partial charge in [0, 0.05) is 12.1 Å². The van der Waals surface area contributed by atoms with E-state index in [0.29, 0.717) is 16.5 Å². The molecule has 1 aromatic rings. The molecule has 18 heavy (non-hydrogen) atoms. The van der Waals surface area contributed by atoms with Crippen LogP contribution in [0.2, 0.25) is 0 Å². The number of carboxylic acid groups (broad SMARTS) is 1. The molecule has 0 saturated carbocycles. The fourth-order valence-electron chi connectivity index (χ4n) is 2.26. The summed E-state index contributed by atoms with van der Waals surface area (Å²) in [6.07, 6.45) is 0.159. The van der Waals surface area contributed by atoms with Gasteiger partial charge in [0.2, 0.25) is 0 Å². The number of hydrogen-bond donors (Lipinski definition) is 3. The fraction of sp³-hybridized carbons (Fsp3) is 0.417. The van der Waals surface area contributed by atoms with E-state index in [4.69, 9.17) is 5.11 Å². The van der Waals surface area contributed by atoms with Gasteiger partial charge in [-0.3, -0.25) is 0 Å². The quantitative estimate of drug-likeness (QED) is 0.800. The highest BCUT2D eigenvalue weighted by molar-refractivity contribution is 9.10. The molecule has 0 aromatic heterocycles. The van der Waals surface area contributed by atoms with Crippen LogP contribution in [0.25, 0.3) is 0 Å². The Balaban J connectivity index is 2.08. The van der Waals surface area contributed by atoms with Crippen molar-refractivity contribution in [2.45, 2.75) is 24.9 Å². The highest BCUT2D eigenvalue weighted by Crippen LogP contribution is 2.21. The number of nitrogens with one attached hydrogen (secondary N) is 2. The van der Waals surface area contributed by atoms with Crippen LogP contribution in [-0.4, -0.2) is 29.8 Å². The number of halogens is 2. The molecule has 98 valence electrons. The summed E-state index contributed by atoms with van der Waals surface area (Å²) in [5.41, 5.74) is 0.584. The largest absolute Gasteiger partial charge is 0.465 e. The number of amides is 1. The SMILES string of the molecule is O=C(O)N[C@H]1CCN[C@H]1Cc1cccc(Br)c1F. The van der Waals surface area contributed by atoms with Gasteiger partial charge >= 0.3 is 6.09 Å². The third-order valence-electron chi connectivity index (χ3n) is 3.13. The van der Waals surface area contributed by atoms with E-state index in [1.54, 1.807) is 18.2 Å². The molecule has 2 rings (SSSR count). The smallest absolute Gasteiger partial charge is 0.404 e. The Morgan fingerprint density at radius 3 is 3.11 bits per heavy atom. The summed E-state index contributed by atoms with van der Waals surface area (Å²) in [7, 11) is 0. The third kappa shape index (κ3) is 3.00. The van der Waals surface area contributed by atoms with Gasteiger partial charge in [-0.25, -0.2) is 9.18 Å². The van der Waals surface area contributed by atoms with Gasteiger partial charge in [0.1, 0.15) is 5.82 Å². The lowest BCUT2D eigenvalue weighted by atomic mass is 10.0. The van der Waals surface area contributed by atoms with E-state index in [-0.39, 0.29) is 17.9 Å². The zero-order chi connectivity index (χ0) is 13.1. The van der Waals surface area contributed by atoms with Gasteiger partial charge in [-0.05, 0) is 46.9 Å². The van der Waals surface area contributed by atoms with Crippen LogP contribution in [0, 0.1) is 5.82 Å². The molecule has 6 heteroatoms. The van der Waals surface area contributed by atoms with Crippen LogP contribution in [0.1, 0.15) is 12.0 Å². The molecule has 4 nitrogen and oxygen atoms in total. The normalized spacial score (nSPS) is 23.0. The number of carbonyl (C=O) groups is 1. The first kappa shape index (κ1) is 13.3. The van der Waals surface area contributed by atoms with Gasteiger partial charge in [0.15, 0.2) is 0 Å². The molecule has 0 radical (unpaired) electrons. The molecular weight excluding hydrogens is 303 g/mol. The van der Waals surface area contributed by atoms with Crippen molar-refractivity contribution in [3.63, 3.8) is 0 Å². The second-order valence-corrected chi connectivity index (χ2v) is 5.18. The molecule has 0 spiro atoms. The molecule has 0 bridgehead atoms. The van der Waals surface area contributed by atoms with Crippen molar-refractivity contribution < 1.29 is 14.3 Å².